The van der Waals surface area contributed by atoms with E-state index in [2.05, 4.69) is 31.9 Å². The second kappa shape index (κ2) is 6.17. The fourth-order valence-electron chi connectivity index (χ4n) is 1.73. The number of rotatable bonds is 3. The van der Waals surface area contributed by atoms with E-state index in [0.717, 1.165) is 21.5 Å². The van der Waals surface area contributed by atoms with Gasteiger partial charge in [-0.25, -0.2) is 0 Å². The molecule has 108 valence electrons. The SMILES string of the molecule is OC(Cc1sccc1Br)c1cc(C(F)(F)F)ccc1Br. The van der Waals surface area contributed by atoms with E-state index in [9.17, 15) is 18.3 Å². The van der Waals surface area contributed by atoms with Gasteiger partial charge in [0.25, 0.3) is 0 Å². The summed E-state index contributed by atoms with van der Waals surface area (Å²) in [6.07, 6.45) is -5.15. The van der Waals surface area contributed by atoms with Crippen LogP contribution >= 0.6 is 43.2 Å². The Balaban J connectivity index is 2.29. The van der Waals surface area contributed by atoms with E-state index < -0.39 is 17.8 Å². The van der Waals surface area contributed by atoms with E-state index in [0.29, 0.717) is 4.47 Å². The van der Waals surface area contributed by atoms with Crippen molar-refractivity contribution >= 4 is 43.2 Å². The smallest absolute Gasteiger partial charge is 0.388 e. The standard InChI is InChI=1S/C13H9Br2F3OS/c14-9-2-1-7(13(16,17)18)5-8(9)11(19)6-12-10(15)3-4-20-12/h1-5,11,19H,6H2. The van der Waals surface area contributed by atoms with E-state index in [1.165, 1.54) is 17.4 Å². The molecule has 0 bridgehead atoms. The fourth-order valence-corrected chi connectivity index (χ4v) is 3.80. The maximum atomic E-state index is 12.7. The highest BCUT2D eigenvalue weighted by molar-refractivity contribution is 9.10. The normalized spacial score (nSPS) is 13.5. The number of hydrogen-bond donors (Lipinski definition) is 1. The molecule has 1 aromatic carbocycles. The number of benzene rings is 1. The summed E-state index contributed by atoms with van der Waals surface area (Å²) < 4.78 is 39.4. The first-order chi connectivity index (χ1) is 9.29. The van der Waals surface area contributed by atoms with Crippen molar-refractivity contribution in [1.82, 2.24) is 0 Å². The summed E-state index contributed by atoms with van der Waals surface area (Å²) in [4.78, 5) is 0.891. The zero-order valence-corrected chi connectivity index (χ0v) is 13.9. The molecule has 0 aliphatic carbocycles. The lowest BCUT2D eigenvalue weighted by molar-refractivity contribution is -0.137. The minimum Gasteiger partial charge on any atom is -0.388 e. The first-order valence-corrected chi connectivity index (χ1v) is 8.02. The van der Waals surface area contributed by atoms with Crippen molar-refractivity contribution in [2.24, 2.45) is 0 Å². The third kappa shape index (κ3) is 3.63. The predicted molar refractivity (Wildman–Crippen MR) is 79.8 cm³/mol. The van der Waals surface area contributed by atoms with Gasteiger partial charge in [0.15, 0.2) is 0 Å². The monoisotopic (exact) mass is 428 g/mol. The fraction of sp³-hybridized carbons (Fsp3) is 0.231. The summed E-state index contributed by atoms with van der Waals surface area (Å²) in [6, 6.07) is 5.12. The number of hydrogen-bond acceptors (Lipinski definition) is 2. The summed E-state index contributed by atoms with van der Waals surface area (Å²) in [5, 5.41) is 12.0. The van der Waals surface area contributed by atoms with Crippen LogP contribution in [0.5, 0.6) is 0 Å². The van der Waals surface area contributed by atoms with E-state index in [1.54, 1.807) is 0 Å². The average molecular weight is 430 g/mol. The van der Waals surface area contributed by atoms with Crippen LogP contribution in [0.3, 0.4) is 0 Å². The number of aliphatic hydroxyl groups is 1. The molecule has 0 spiro atoms. The lowest BCUT2D eigenvalue weighted by atomic mass is 10.0. The topological polar surface area (TPSA) is 20.2 Å². The summed E-state index contributed by atoms with van der Waals surface area (Å²) in [7, 11) is 0. The highest BCUT2D eigenvalue weighted by Crippen LogP contribution is 2.36. The summed E-state index contributed by atoms with van der Waals surface area (Å²) in [6.45, 7) is 0. The van der Waals surface area contributed by atoms with Gasteiger partial charge in [0.1, 0.15) is 0 Å². The molecule has 1 heterocycles. The van der Waals surface area contributed by atoms with Crippen LogP contribution in [-0.4, -0.2) is 5.11 Å². The third-order valence-electron chi connectivity index (χ3n) is 2.75. The quantitative estimate of drug-likeness (QED) is 0.676. The predicted octanol–water partition coefficient (Wildman–Crippen LogP) is 5.57. The Morgan fingerprint density at radius 3 is 2.40 bits per heavy atom. The van der Waals surface area contributed by atoms with Gasteiger partial charge in [0.05, 0.1) is 11.7 Å². The van der Waals surface area contributed by atoms with Gasteiger partial charge in [0, 0.05) is 20.2 Å². The van der Waals surface area contributed by atoms with Gasteiger partial charge in [-0.2, -0.15) is 13.2 Å². The molecular weight excluding hydrogens is 421 g/mol. The Hall–Kier alpha value is -0.370. The summed E-state index contributed by atoms with van der Waals surface area (Å²) in [5.41, 5.74) is -0.528. The first-order valence-electron chi connectivity index (χ1n) is 5.55. The molecule has 1 atom stereocenters. The second-order valence-electron chi connectivity index (χ2n) is 4.15. The number of halogens is 5. The van der Waals surface area contributed by atoms with Crippen LogP contribution in [0.15, 0.2) is 38.6 Å². The van der Waals surface area contributed by atoms with E-state index in [1.807, 2.05) is 11.4 Å². The molecule has 1 nitrogen and oxygen atoms in total. The third-order valence-corrected chi connectivity index (χ3v) is 5.42. The van der Waals surface area contributed by atoms with Gasteiger partial charge in [-0.05, 0) is 51.1 Å². The van der Waals surface area contributed by atoms with Crippen LogP contribution in [0.2, 0.25) is 0 Å². The Morgan fingerprint density at radius 1 is 1.15 bits per heavy atom. The molecule has 7 heteroatoms. The molecule has 0 amide bonds. The number of aliphatic hydroxyl groups excluding tert-OH is 1. The minimum absolute atomic E-state index is 0.236. The zero-order valence-electron chi connectivity index (χ0n) is 9.92. The molecule has 0 aliphatic rings. The molecule has 0 saturated carbocycles. The molecule has 0 radical (unpaired) electrons. The van der Waals surface area contributed by atoms with Crippen molar-refractivity contribution in [3.8, 4) is 0 Å². The summed E-state index contributed by atoms with van der Waals surface area (Å²) in [5.74, 6) is 0. The number of alkyl halides is 3. The zero-order chi connectivity index (χ0) is 14.9. The van der Waals surface area contributed by atoms with Gasteiger partial charge in [-0.15, -0.1) is 11.3 Å². The van der Waals surface area contributed by atoms with Crippen molar-refractivity contribution in [2.75, 3.05) is 0 Å². The molecule has 0 fully saturated rings. The molecule has 20 heavy (non-hydrogen) atoms. The molecule has 1 unspecified atom stereocenters. The Bertz CT molecular complexity index is 610. The second-order valence-corrected chi connectivity index (χ2v) is 6.86. The van der Waals surface area contributed by atoms with Gasteiger partial charge in [-0.3, -0.25) is 0 Å². The van der Waals surface area contributed by atoms with Crippen LogP contribution in [0.25, 0.3) is 0 Å². The van der Waals surface area contributed by atoms with Crippen molar-refractivity contribution in [1.29, 1.82) is 0 Å². The lowest BCUT2D eigenvalue weighted by Gasteiger charge is -2.15. The highest BCUT2D eigenvalue weighted by Gasteiger charge is 2.31. The van der Waals surface area contributed by atoms with Gasteiger partial charge < -0.3 is 5.11 Å². The van der Waals surface area contributed by atoms with Gasteiger partial charge >= 0.3 is 6.18 Å². The van der Waals surface area contributed by atoms with Crippen LogP contribution in [0.1, 0.15) is 22.1 Å². The van der Waals surface area contributed by atoms with Crippen molar-refractivity contribution in [2.45, 2.75) is 18.7 Å². The Kier molecular flexibility index (Phi) is 4.94. The molecule has 1 N–H and O–H groups in total. The van der Waals surface area contributed by atoms with Crippen LogP contribution < -0.4 is 0 Å². The lowest BCUT2D eigenvalue weighted by Crippen LogP contribution is -2.08. The number of thiophene rings is 1. The molecule has 0 aliphatic heterocycles. The maximum absolute atomic E-state index is 12.7. The van der Waals surface area contributed by atoms with Crippen LogP contribution in [-0.2, 0) is 12.6 Å². The Morgan fingerprint density at radius 2 is 1.85 bits per heavy atom. The van der Waals surface area contributed by atoms with Crippen LogP contribution in [0.4, 0.5) is 13.2 Å². The molecule has 1 aromatic heterocycles. The average Bonchev–Trinajstić information content (AvgIpc) is 2.74. The molecule has 2 aromatic rings. The van der Waals surface area contributed by atoms with Crippen molar-refractivity contribution in [3.05, 3.63) is 54.6 Å². The van der Waals surface area contributed by atoms with E-state index in [4.69, 9.17) is 0 Å². The van der Waals surface area contributed by atoms with Gasteiger partial charge in [0.2, 0.25) is 0 Å². The van der Waals surface area contributed by atoms with Crippen molar-refractivity contribution < 1.29 is 18.3 Å². The molecule has 0 saturated heterocycles. The Labute approximate surface area is 134 Å². The van der Waals surface area contributed by atoms with E-state index in [-0.39, 0.29) is 12.0 Å². The van der Waals surface area contributed by atoms with Crippen LogP contribution in [0, 0.1) is 0 Å². The van der Waals surface area contributed by atoms with Gasteiger partial charge in [-0.1, -0.05) is 15.9 Å². The minimum atomic E-state index is -4.42. The molecular formula is C13H9Br2F3OS. The summed E-state index contributed by atoms with van der Waals surface area (Å²) >= 11 is 7.97. The highest BCUT2D eigenvalue weighted by atomic mass is 79.9. The molecule has 2 rings (SSSR count). The largest absolute Gasteiger partial charge is 0.416 e. The maximum Gasteiger partial charge on any atom is 0.416 e. The first kappa shape index (κ1) is 16.0. The van der Waals surface area contributed by atoms with E-state index >= 15 is 0 Å². The van der Waals surface area contributed by atoms with Crippen molar-refractivity contribution in [3.63, 3.8) is 0 Å².